The smallest absolute Gasteiger partial charge is 0.107 e. The minimum absolute atomic E-state index is 0.470. The van der Waals surface area contributed by atoms with Crippen LogP contribution in [0.25, 0.3) is 0 Å². The van der Waals surface area contributed by atoms with E-state index in [2.05, 4.69) is 12.8 Å². The molecule has 0 fully saturated rings. The lowest BCUT2D eigenvalue weighted by Gasteiger charge is -2.03. The molecule has 1 nitrogen and oxygen atoms in total. The van der Waals surface area contributed by atoms with Crippen molar-refractivity contribution in [3.8, 4) is 12.3 Å². The van der Waals surface area contributed by atoms with Gasteiger partial charge in [-0.25, -0.2) is 0 Å². The van der Waals surface area contributed by atoms with Crippen LogP contribution in [-0.2, 0) is 4.74 Å². The zero-order valence-corrected chi connectivity index (χ0v) is 12.4. The third kappa shape index (κ3) is 15.5. The Kier molecular flexibility index (Phi) is 16.1. The minimum Gasteiger partial charge on any atom is -0.369 e. The molecule has 0 amide bonds. The normalized spacial score (nSPS) is 10.4. The second kappa shape index (κ2) is 16.5. The van der Waals surface area contributed by atoms with Crippen molar-refractivity contribution >= 4 is 0 Å². The predicted octanol–water partition coefficient (Wildman–Crippen LogP) is 5.34. The van der Waals surface area contributed by atoms with Gasteiger partial charge in [-0.2, -0.15) is 0 Å². The Hall–Kier alpha value is -0.480. The Bertz CT molecular complexity index is 181. The van der Waals surface area contributed by atoms with Gasteiger partial charge in [-0.05, 0) is 6.42 Å². The van der Waals surface area contributed by atoms with Gasteiger partial charge in [-0.1, -0.05) is 83.5 Å². The van der Waals surface area contributed by atoms with E-state index >= 15 is 0 Å². The molecule has 0 aromatic heterocycles. The fraction of sp³-hybridized carbons (Fsp3) is 0.882. The molecule has 0 aromatic rings. The Morgan fingerprint density at radius 3 is 1.61 bits per heavy atom. The minimum atomic E-state index is 0.470. The van der Waals surface area contributed by atoms with Gasteiger partial charge in [-0.3, -0.25) is 0 Å². The highest BCUT2D eigenvalue weighted by Crippen LogP contribution is 2.11. The van der Waals surface area contributed by atoms with Crippen molar-refractivity contribution in [2.24, 2.45) is 0 Å². The number of unbranched alkanes of at least 4 members (excludes halogenated alkanes) is 11. The van der Waals surface area contributed by atoms with Crippen LogP contribution < -0.4 is 0 Å². The quantitative estimate of drug-likeness (QED) is 0.299. The number of terminal acetylenes is 1. The predicted molar refractivity (Wildman–Crippen MR) is 80.7 cm³/mol. The second-order valence-electron chi connectivity index (χ2n) is 5.15. The lowest BCUT2D eigenvalue weighted by Crippen LogP contribution is -1.94. The molecule has 0 aromatic carbocycles. The third-order valence-corrected chi connectivity index (χ3v) is 3.33. The summed E-state index contributed by atoms with van der Waals surface area (Å²) in [5.41, 5.74) is 0. The van der Waals surface area contributed by atoms with Crippen LogP contribution in [0.5, 0.6) is 0 Å². The average molecular weight is 252 g/mol. The zero-order chi connectivity index (χ0) is 13.3. The SMILES string of the molecule is C#CCOCCCCCCCCCCCCCC. The molecular weight excluding hydrogens is 220 g/mol. The van der Waals surface area contributed by atoms with Crippen LogP contribution in [0, 0.1) is 12.3 Å². The maximum Gasteiger partial charge on any atom is 0.107 e. The van der Waals surface area contributed by atoms with Crippen LogP contribution in [-0.4, -0.2) is 13.2 Å². The summed E-state index contributed by atoms with van der Waals surface area (Å²) in [4.78, 5) is 0. The van der Waals surface area contributed by atoms with E-state index in [-0.39, 0.29) is 0 Å². The summed E-state index contributed by atoms with van der Waals surface area (Å²) < 4.78 is 5.24. The molecule has 0 saturated carbocycles. The lowest BCUT2D eigenvalue weighted by molar-refractivity contribution is 0.162. The molecule has 1 heteroatoms. The molecule has 0 saturated heterocycles. The van der Waals surface area contributed by atoms with E-state index in [9.17, 15) is 0 Å². The molecular formula is C17H32O. The Morgan fingerprint density at radius 2 is 1.17 bits per heavy atom. The zero-order valence-electron chi connectivity index (χ0n) is 12.4. The van der Waals surface area contributed by atoms with Crippen molar-refractivity contribution in [1.29, 1.82) is 0 Å². The molecule has 0 aliphatic heterocycles. The van der Waals surface area contributed by atoms with E-state index in [4.69, 9.17) is 11.2 Å². The van der Waals surface area contributed by atoms with E-state index in [0.717, 1.165) is 6.61 Å². The molecule has 0 rings (SSSR count). The van der Waals surface area contributed by atoms with Gasteiger partial charge in [0.15, 0.2) is 0 Å². The number of ether oxygens (including phenoxy) is 1. The van der Waals surface area contributed by atoms with E-state index < -0.39 is 0 Å². The van der Waals surface area contributed by atoms with Crippen molar-refractivity contribution < 1.29 is 4.74 Å². The van der Waals surface area contributed by atoms with Crippen LogP contribution in [0.4, 0.5) is 0 Å². The summed E-state index contributed by atoms with van der Waals surface area (Å²) in [6.45, 7) is 3.58. The Morgan fingerprint density at radius 1 is 0.722 bits per heavy atom. The van der Waals surface area contributed by atoms with E-state index in [0.29, 0.717) is 6.61 Å². The average Bonchev–Trinajstić information content (AvgIpc) is 2.39. The molecule has 0 heterocycles. The van der Waals surface area contributed by atoms with Crippen molar-refractivity contribution in [3.05, 3.63) is 0 Å². The van der Waals surface area contributed by atoms with E-state index in [1.54, 1.807) is 0 Å². The second-order valence-corrected chi connectivity index (χ2v) is 5.15. The summed E-state index contributed by atoms with van der Waals surface area (Å²) in [7, 11) is 0. The molecule has 0 unspecified atom stereocenters. The first-order valence-electron chi connectivity index (χ1n) is 7.93. The summed E-state index contributed by atoms with van der Waals surface area (Å²) in [5, 5.41) is 0. The van der Waals surface area contributed by atoms with Gasteiger partial charge in [-0.15, -0.1) is 6.42 Å². The maximum absolute atomic E-state index is 5.24. The van der Waals surface area contributed by atoms with Gasteiger partial charge in [0.25, 0.3) is 0 Å². The van der Waals surface area contributed by atoms with Crippen LogP contribution >= 0.6 is 0 Å². The molecule has 0 radical (unpaired) electrons. The third-order valence-electron chi connectivity index (χ3n) is 3.33. The van der Waals surface area contributed by atoms with Crippen LogP contribution in [0.2, 0.25) is 0 Å². The van der Waals surface area contributed by atoms with Gasteiger partial charge in [0.1, 0.15) is 6.61 Å². The van der Waals surface area contributed by atoms with Crippen LogP contribution in [0.3, 0.4) is 0 Å². The summed E-state index contributed by atoms with van der Waals surface area (Å²) >= 11 is 0. The summed E-state index contributed by atoms with van der Waals surface area (Å²) in [6, 6.07) is 0. The first-order chi connectivity index (χ1) is 8.91. The number of hydrogen-bond donors (Lipinski definition) is 0. The molecule has 0 N–H and O–H groups in total. The molecule has 0 aliphatic carbocycles. The molecule has 106 valence electrons. The lowest BCUT2D eigenvalue weighted by atomic mass is 10.1. The first kappa shape index (κ1) is 17.5. The van der Waals surface area contributed by atoms with Gasteiger partial charge < -0.3 is 4.74 Å². The van der Waals surface area contributed by atoms with Gasteiger partial charge in [0.2, 0.25) is 0 Å². The molecule has 0 bridgehead atoms. The van der Waals surface area contributed by atoms with Crippen LogP contribution in [0.15, 0.2) is 0 Å². The summed E-state index contributed by atoms with van der Waals surface area (Å²) in [5.74, 6) is 2.49. The highest BCUT2D eigenvalue weighted by Gasteiger charge is 1.93. The Labute approximate surface area is 115 Å². The van der Waals surface area contributed by atoms with Crippen molar-refractivity contribution in [2.45, 2.75) is 84.0 Å². The fourth-order valence-electron chi connectivity index (χ4n) is 2.18. The van der Waals surface area contributed by atoms with Crippen molar-refractivity contribution in [3.63, 3.8) is 0 Å². The molecule has 0 spiro atoms. The number of rotatable bonds is 14. The summed E-state index contributed by atoms with van der Waals surface area (Å²) in [6.07, 6.45) is 21.7. The molecule has 18 heavy (non-hydrogen) atoms. The van der Waals surface area contributed by atoms with Crippen molar-refractivity contribution in [2.75, 3.05) is 13.2 Å². The van der Waals surface area contributed by atoms with E-state index in [1.165, 1.54) is 77.0 Å². The highest BCUT2D eigenvalue weighted by atomic mass is 16.5. The van der Waals surface area contributed by atoms with Gasteiger partial charge in [0, 0.05) is 6.61 Å². The maximum atomic E-state index is 5.24. The fourth-order valence-corrected chi connectivity index (χ4v) is 2.18. The van der Waals surface area contributed by atoms with Gasteiger partial charge >= 0.3 is 0 Å². The Balaban J connectivity index is 2.89. The highest BCUT2D eigenvalue weighted by molar-refractivity contribution is 4.82. The van der Waals surface area contributed by atoms with E-state index in [1.807, 2.05) is 0 Å². The topological polar surface area (TPSA) is 9.23 Å². The molecule has 0 aliphatic rings. The number of hydrogen-bond acceptors (Lipinski definition) is 1. The largest absolute Gasteiger partial charge is 0.369 e. The van der Waals surface area contributed by atoms with Crippen molar-refractivity contribution in [1.82, 2.24) is 0 Å². The standard InChI is InChI=1S/C17H32O/c1-3-5-6-7-8-9-10-11-12-13-14-15-17-18-16-4-2/h2H,3,5-17H2,1H3. The monoisotopic (exact) mass is 252 g/mol. The first-order valence-corrected chi connectivity index (χ1v) is 7.93. The van der Waals surface area contributed by atoms with Gasteiger partial charge in [0.05, 0.1) is 0 Å². The van der Waals surface area contributed by atoms with Crippen LogP contribution in [0.1, 0.15) is 84.0 Å². The molecule has 0 atom stereocenters.